The Balaban J connectivity index is 2.56. The quantitative estimate of drug-likeness (QED) is 0.675. The fraction of sp³-hybridized carbons (Fsp3) is 0.500. The lowest BCUT2D eigenvalue weighted by molar-refractivity contribution is 0.161. The largest absolute Gasteiger partial charge is 0.465 e. The molecule has 1 aliphatic heterocycles. The molecule has 1 heterocycles. The van der Waals surface area contributed by atoms with Crippen LogP contribution in [0.4, 0.5) is 4.79 Å². The van der Waals surface area contributed by atoms with E-state index in [4.69, 9.17) is 10.2 Å². The van der Waals surface area contributed by atoms with E-state index >= 15 is 0 Å². The van der Waals surface area contributed by atoms with Crippen LogP contribution in [0.2, 0.25) is 0 Å². The minimum Gasteiger partial charge on any atom is -0.465 e. The van der Waals surface area contributed by atoms with Crippen LogP contribution in [-0.4, -0.2) is 34.4 Å². The van der Waals surface area contributed by atoms with Gasteiger partial charge in [-0.15, -0.1) is 0 Å². The van der Waals surface area contributed by atoms with Gasteiger partial charge in [-0.1, -0.05) is 17.7 Å². The van der Waals surface area contributed by atoms with Crippen molar-refractivity contribution in [1.29, 1.82) is 0 Å². The van der Waals surface area contributed by atoms with Gasteiger partial charge in [-0.05, 0) is 13.3 Å². The third-order valence-corrected chi connectivity index (χ3v) is 2.22. The molecule has 14 heavy (non-hydrogen) atoms. The van der Waals surface area contributed by atoms with E-state index in [1.165, 1.54) is 4.90 Å². The van der Waals surface area contributed by atoms with Gasteiger partial charge in [0.15, 0.2) is 0 Å². The molecule has 2 N–H and O–H groups in total. The Bertz CT molecular complexity index is 281. The normalized spacial score (nSPS) is 17.1. The van der Waals surface area contributed by atoms with Crippen molar-refractivity contribution in [2.24, 2.45) is 0 Å². The summed E-state index contributed by atoms with van der Waals surface area (Å²) >= 11 is 0. The maximum Gasteiger partial charge on any atom is 0.411 e. The summed E-state index contributed by atoms with van der Waals surface area (Å²) in [6.07, 6.45) is 4.25. The second-order valence-electron chi connectivity index (χ2n) is 3.33. The fourth-order valence-corrected chi connectivity index (χ4v) is 1.37. The Morgan fingerprint density at radius 1 is 1.71 bits per heavy atom. The van der Waals surface area contributed by atoms with Gasteiger partial charge in [0.25, 0.3) is 0 Å². The van der Waals surface area contributed by atoms with Gasteiger partial charge in [0, 0.05) is 18.7 Å². The highest BCUT2D eigenvalue weighted by Gasteiger charge is 2.19. The van der Waals surface area contributed by atoms with Gasteiger partial charge in [-0.25, -0.2) is 4.79 Å². The Labute approximate surface area is 83.1 Å². The van der Waals surface area contributed by atoms with Crippen LogP contribution in [0.25, 0.3) is 0 Å². The van der Waals surface area contributed by atoms with Gasteiger partial charge in [-0.2, -0.15) is 0 Å². The molecule has 0 radical (unpaired) electrons. The molecule has 4 nitrogen and oxygen atoms in total. The molecule has 0 spiro atoms. The van der Waals surface area contributed by atoms with Crippen molar-refractivity contribution in [2.75, 3.05) is 13.2 Å². The number of amides is 1. The molecule has 0 saturated carbocycles. The second kappa shape index (κ2) is 4.81. The maximum atomic E-state index is 10.7. The summed E-state index contributed by atoms with van der Waals surface area (Å²) in [7, 11) is 0. The lowest BCUT2D eigenvalue weighted by Gasteiger charge is -2.15. The van der Waals surface area contributed by atoms with E-state index in [1.807, 2.05) is 19.1 Å². The van der Waals surface area contributed by atoms with E-state index < -0.39 is 6.09 Å². The van der Waals surface area contributed by atoms with Crippen LogP contribution in [-0.2, 0) is 0 Å². The number of allylic oxidation sites excluding steroid dienone is 1. The van der Waals surface area contributed by atoms with E-state index in [1.54, 1.807) is 0 Å². The van der Waals surface area contributed by atoms with Crippen LogP contribution >= 0.6 is 0 Å². The van der Waals surface area contributed by atoms with Gasteiger partial charge in [0.05, 0.1) is 6.61 Å². The zero-order valence-corrected chi connectivity index (χ0v) is 8.23. The summed E-state index contributed by atoms with van der Waals surface area (Å²) in [5.74, 6) is 0. The monoisotopic (exact) mass is 197 g/mol. The summed E-state index contributed by atoms with van der Waals surface area (Å²) in [5.41, 5.74) is 1.67. The number of carboxylic acid groups (broad SMARTS) is 1. The van der Waals surface area contributed by atoms with Crippen molar-refractivity contribution in [1.82, 2.24) is 4.90 Å². The van der Waals surface area contributed by atoms with Crippen LogP contribution in [0.1, 0.15) is 19.8 Å². The molecule has 0 bridgehead atoms. The van der Waals surface area contributed by atoms with E-state index in [0.29, 0.717) is 13.0 Å². The first kappa shape index (κ1) is 10.8. The molecule has 0 aliphatic carbocycles. The first-order chi connectivity index (χ1) is 6.65. The van der Waals surface area contributed by atoms with Crippen molar-refractivity contribution in [3.63, 3.8) is 0 Å². The summed E-state index contributed by atoms with van der Waals surface area (Å²) in [6.45, 7) is 2.40. The lowest BCUT2D eigenvalue weighted by Crippen LogP contribution is -2.25. The van der Waals surface area contributed by atoms with Crippen LogP contribution in [0.3, 0.4) is 0 Å². The smallest absolute Gasteiger partial charge is 0.411 e. The predicted molar refractivity (Wildman–Crippen MR) is 52.9 cm³/mol. The van der Waals surface area contributed by atoms with Gasteiger partial charge < -0.3 is 10.2 Å². The van der Waals surface area contributed by atoms with Gasteiger partial charge in [-0.3, -0.25) is 4.90 Å². The highest BCUT2D eigenvalue weighted by atomic mass is 16.4. The maximum absolute atomic E-state index is 10.7. The molecule has 0 fully saturated rings. The zero-order valence-electron chi connectivity index (χ0n) is 8.23. The van der Waals surface area contributed by atoms with Crippen molar-refractivity contribution >= 4 is 6.09 Å². The predicted octanol–water partition coefficient (Wildman–Crippen LogP) is 1.58. The Morgan fingerprint density at radius 2 is 2.43 bits per heavy atom. The molecule has 0 saturated heterocycles. The van der Waals surface area contributed by atoms with Crippen LogP contribution in [0.5, 0.6) is 0 Å². The Kier molecular flexibility index (Phi) is 3.71. The average Bonchev–Trinajstić information content (AvgIpc) is 2.62. The Hall–Kier alpha value is -1.29. The molecule has 1 amide bonds. The number of hydrogen-bond donors (Lipinski definition) is 2. The molecule has 0 unspecified atom stereocenters. The average molecular weight is 197 g/mol. The second-order valence-corrected chi connectivity index (χ2v) is 3.33. The lowest BCUT2D eigenvalue weighted by atomic mass is 10.2. The molecule has 1 rings (SSSR count). The molecule has 0 atom stereocenters. The highest BCUT2D eigenvalue weighted by Crippen LogP contribution is 2.19. The topological polar surface area (TPSA) is 60.8 Å². The summed E-state index contributed by atoms with van der Waals surface area (Å²) < 4.78 is 0. The first-order valence-corrected chi connectivity index (χ1v) is 4.61. The number of aliphatic hydroxyl groups is 1. The van der Waals surface area contributed by atoms with E-state index in [2.05, 4.69) is 0 Å². The molecule has 0 aromatic heterocycles. The molecule has 1 aliphatic rings. The molecule has 78 valence electrons. The summed E-state index contributed by atoms with van der Waals surface area (Å²) in [5, 5.41) is 17.6. The standard InChI is InChI=1S/C10H15NO3/c1-8(7-12)4-5-9-3-2-6-11(9)10(13)14/h3-4,12H,2,5-7H2,1H3,(H,13,14)/b8-4+. The number of aliphatic hydroxyl groups excluding tert-OH is 1. The minimum absolute atomic E-state index is 0.0281. The van der Waals surface area contributed by atoms with Crippen molar-refractivity contribution in [2.45, 2.75) is 19.8 Å². The molecular weight excluding hydrogens is 182 g/mol. The van der Waals surface area contributed by atoms with Crippen LogP contribution < -0.4 is 0 Å². The molecule has 0 aromatic carbocycles. The molecular formula is C10H15NO3. The summed E-state index contributed by atoms with van der Waals surface area (Å²) in [6, 6.07) is 0. The Morgan fingerprint density at radius 3 is 3.00 bits per heavy atom. The van der Waals surface area contributed by atoms with Crippen molar-refractivity contribution < 1.29 is 15.0 Å². The summed E-state index contributed by atoms with van der Waals surface area (Å²) in [4.78, 5) is 12.1. The van der Waals surface area contributed by atoms with Crippen LogP contribution in [0.15, 0.2) is 23.4 Å². The zero-order chi connectivity index (χ0) is 10.6. The van der Waals surface area contributed by atoms with Gasteiger partial charge in [0.1, 0.15) is 0 Å². The third kappa shape index (κ3) is 2.60. The van der Waals surface area contributed by atoms with Crippen molar-refractivity contribution in [3.8, 4) is 0 Å². The molecule has 4 heteroatoms. The van der Waals surface area contributed by atoms with Crippen molar-refractivity contribution in [3.05, 3.63) is 23.4 Å². The van der Waals surface area contributed by atoms with E-state index in [-0.39, 0.29) is 6.61 Å². The fourth-order valence-electron chi connectivity index (χ4n) is 1.37. The van der Waals surface area contributed by atoms with Gasteiger partial charge in [0.2, 0.25) is 0 Å². The van der Waals surface area contributed by atoms with E-state index in [0.717, 1.165) is 17.7 Å². The first-order valence-electron chi connectivity index (χ1n) is 4.61. The molecule has 0 aromatic rings. The third-order valence-electron chi connectivity index (χ3n) is 2.22. The number of nitrogens with zero attached hydrogens (tertiary/aromatic N) is 1. The van der Waals surface area contributed by atoms with E-state index in [9.17, 15) is 4.79 Å². The SMILES string of the molecule is C/C(=C\CC1=CCCN1C(=O)O)CO. The van der Waals surface area contributed by atoms with Crippen LogP contribution in [0, 0.1) is 0 Å². The number of rotatable bonds is 3. The highest BCUT2D eigenvalue weighted by molar-refractivity contribution is 5.68. The van der Waals surface area contributed by atoms with Gasteiger partial charge >= 0.3 is 6.09 Å². The number of hydrogen-bond acceptors (Lipinski definition) is 2. The number of carbonyl (C=O) groups is 1. The minimum atomic E-state index is -0.899.